The molecule has 0 aromatic rings. The molecule has 0 rings (SSSR count). The van der Waals surface area contributed by atoms with E-state index in [1.807, 2.05) is 6.08 Å². The molecular weight excluding hydrogens is 265 g/mol. The lowest BCUT2D eigenvalue weighted by Gasteiger charge is -2.05. The molecule has 1 atom stereocenters. The zero-order valence-corrected chi connectivity index (χ0v) is 11.7. The van der Waals surface area contributed by atoms with Crippen molar-refractivity contribution in [3.63, 3.8) is 0 Å². The largest absolute Gasteiger partial charge is 0.480 e. The summed E-state index contributed by atoms with van der Waals surface area (Å²) in [5.74, 6) is -0.433. The average molecular weight is 286 g/mol. The third-order valence-corrected chi connectivity index (χ3v) is 1.95. The number of nitrogens with two attached hydrogens (primary N) is 2. The Morgan fingerprint density at radius 3 is 2.35 bits per heavy atom. The van der Waals surface area contributed by atoms with Gasteiger partial charge in [-0.2, -0.15) is 0 Å². The summed E-state index contributed by atoms with van der Waals surface area (Å²) in [7, 11) is 0. The quantitative estimate of drug-likeness (QED) is 0.297. The maximum atomic E-state index is 10.5. The first-order valence-electron chi connectivity index (χ1n) is 4.86. The number of unbranched alkanes of at least 4 members (excludes halogenated alkanes) is 1. The molecule has 0 aliphatic rings. The number of amidine groups is 1. The van der Waals surface area contributed by atoms with Crippen molar-refractivity contribution in [2.75, 3.05) is 6.54 Å². The summed E-state index contributed by atoms with van der Waals surface area (Å²) >= 11 is 0. The minimum absolute atomic E-state index is 0. The van der Waals surface area contributed by atoms with Crippen LogP contribution in [-0.2, 0) is 4.79 Å². The molecule has 0 aliphatic heterocycles. The molecule has 0 saturated heterocycles. The maximum Gasteiger partial charge on any atom is 0.324 e. The highest BCUT2D eigenvalue weighted by molar-refractivity contribution is 5.85. The number of aliphatic imine (C=N–C) groups is 1. The number of halogens is 2. The predicted molar refractivity (Wildman–Crippen MR) is 75.3 cm³/mol. The summed E-state index contributed by atoms with van der Waals surface area (Å²) in [4.78, 5) is 14.5. The number of rotatable bonds is 6. The number of hydrogen-bond acceptors (Lipinski definition) is 3. The molecule has 102 valence electrons. The van der Waals surface area contributed by atoms with Crippen molar-refractivity contribution in [3.05, 3.63) is 11.6 Å². The molecule has 0 bridgehead atoms. The summed E-state index contributed by atoms with van der Waals surface area (Å²) < 4.78 is 0. The van der Waals surface area contributed by atoms with Crippen LogP contribution in [0.2, 0.25) is 0 Å². The second-order valence-corrected chi connectivity index (χ2v) is 3.43. The van der Waals surface area contributed by atoms with Crippen molar-refractivity contribution in [3.8, 4) is 0 Å². The smallest absolute Gasteiger partial charge is 0.324 e. The molecule has 0 saturated carbocycles. The van der Waals surface area contributed by atoms with Crippen LogP contribution in [0.1, 0.15) is 26.7 Å². The van der Waals surface area contributed by atoms with Crippen LogP contribution in [0, 0.1) is 0 Å². The molecule has 0 aromatic heterocycles. The van der Waals surface area contributed by atoms with Gasteiger partial charge in [-0.1, -0.05) is 6.08 Å². The Labute approximate surface area is 114 Å². The second-order valence-electron chi connectivity index (χ2n) is 3.43. The number of nitrogens with zero attached hydrogens (tertiary/aromatic N) is 1. The number of allylic oxidation sites excluding steroid dienone is 1. The van der Waals surface area contributed by atoms with Gasteiger partial charge in [-0.05, 0) is 32.3 Å². The van der Waals surface area contributed by atoms with Gasteiger partial charge >= 0.3 is 5.97 Å². The summed E-state index contributed by atoms with van der Waals surface area (Å²) in [6.07, 6.45) is 3.45. The fraction of sp³-hybridized carbons (Fsp3) is 0.600. The molecule has 0 aliphatic carbocycles. The Morgan fingerprint density at radius 2 is 1.94 bits per heavy atom. The van der Waals surface area contributed by atoms with E-state index in [0.29, 0.717) is 18.0 Å². The zero-order chi connectivity index (χ0) is 11.8. The van der Waals surface area contributed by atoms with E-state index in [9.17, 15) is 4.79 Å². The Morgan fingerprint density at radius 1 is 1.41 bits per heavy atom. The van der Waals surface area contributed by atoms with Gasteiger partial charge in [0.15, 0.2) is 0 Å². The van der Waals surface area contributed by atoms with Gasteiger partial charge in [-0.3, -0.25) is 9.79 Å². The van der Waals surface area contributed by atoms with Gasteiger partial charge in [0.25, 0.3) is 0 Å². The van der Waals surface area contributed by atoms with Gasteiger partial charge in [-0.25, -0.2) is 0 Å². The SMILES string of the molecule is CC(N)=NCCC/C=C(\C)C(N)C(=O)O.Cl.Cl. The lowest BCUT2D eigenvalue weighted by Crippen LogP contribution is -2.31. The van der Waals surface area contributed by atoms with Crippen molar-refractivity contribution >= 4 is 36.6 Å². The predicted octanol–water partition coefficient (Wildman–Crippen LogP) is 1.35. The summed E-state index contributed by atoms with van der Waals surface area (Å²) in [6.45, 7) is 4.12. The van der Waals surface area contributed by atoms with Gasteiger partial charge in [0.1, 0.15) is 6.04 Å². The van der Waals surface area contributed by atoms with Gasteiger partial charge in [0, 0.05) is 6.54 Å². The van der Waals surface area contributed by atoms with Gasteiger partial charge in [0.05, 0.1) is 5.84 Å². The molecule has 5 N–H and O–H groups in total. The van der Waals surface area contributed by atoms with Gasteiger partial charge < -0.3 is 16.6 Å². The minimum atomic E-state index is -1.00. The molecule has 0 amide bonds. The fourth-order valence-corrected chi connectivity index (χ4v) is 0.998. The van der Waals surface area contributed by atoms with Crippen molar-refractivity contribution in [2.45, 2.75) is 32.7 Å². The first-order valence-corrected chi connectivity index (χ1v) is 4.86. The van der Waals surface area contributed by atoms with Crippen molar-refractivity contribution in [1.82, 2.24) is 0 Å². The first-order chi connectivity index (χ1) is 6.95. The second kappa shape index (κ2) is 11.7. The number of carboxylic acid groups (broad SMARTS) is 1. The normalized spacial score (nSPS) is 13.4. The number of carboxylic acids is 1. The molecule has 0 heterocycles. The molecular formula is C10H21Cl2N3O2. The molecule has 0 fully saturated rings. The van der Waals surface area contributed by atoms with E-state index in [2.05, 4.69) is 4.99 Å². The van der Waals surface area contributed by atoms with E-state index in [4.69, 9.17) is 16.6 Å². The minimum Gasteiger partial charge on any atom is -0.480 e. The Balaban J connectivity index is -0.000000980. The van der Waals surface area contributed by atoms with Gasteiger partial charge in [-0.15, -0.1) is 24.8 Å². The highest BCUT2D eigenvalue weighted by atomic mass is 35.5. The van der Waals surface area contributed by atoms with E-state index in [1.54, 1.807) is 13.8 Å². The number of hydrogen-bond donors (Lipinski definition) is 3. The standard InChI is InChI=1S/C10H19N3O2.2ClH/c1-7(9(12)10(14)15)5-3-4-6-13-8(2)11;;/h5,9H,3-4,6,12H2,1-2H3,(H2,11,13)(H,14,15);2*1H/b7-5+;;. The third-order valence-electron chi connectivity index (χ3n) is 1.95. The number of aliphatic carboxylic acids is 1. The van der Waals surface area contributed by atoms with E-state index < -0.39 is 12.0 Å². The van der Waals surface area contributed by atoms with Crippen LogP contribution >= 0.6 is 24.8 Å². The highest BCUT2D eigenvalue weighted by Crippen LogP contribution is 2.02. The maximum absolute atomic E-state index is 10.5. The lowest BCUT2D eigenvalue weighted by atomic mass is 10.1. The monoisotopic (exact) mass is 285 g/mol. The van der Waals surface area contributed by atoms with Crippen LogP contribution in [0.3, 0.4) is 0 Å². The van der Waals surface area contributed by atoms with Crippen LogP contribution in [0.4, 0.5) is 0 Å². The Kier molecular flexibility index (Phi) is 14.8. The molecule has 0 spiro atoms. The summed E-state index contributed by atoms with van der Waals surface area (Å²) in [5, 5.41) is 8.62. The van der Waals surface area contributed by atoms with Crippen LogP contribution in [0.5, 0.6) is 0 Å². The molecule has 1 unspecified atom stereocenters. The molecule has 5 nitrogen and oxygen atoms in total. The van der Waals surface area contributed by atoms with Crippen molar-refractivity contribution < 1.29 is 9.90 Å². The first kappa shape index (κ1) is 21.5. The Hall–Kier alpha value is -0.780. The lowest BCUT2D eigenvalue weighted by molar-refractivity contribution is -0.137. The third kappa shape index (κ3) is 11.5. The topological polar surface area (TPSA) is 102 Å². The highest BCUT2D eigenvalue weighted by Gasteiger charge is 2.12. The summed E-state index contributed by atoms with van der Waals surface area (Å²) in [5.41, 5.74) is 11.4. The van der Waals surface area contributed by atoms with Gasteiger partial charge in [0.2, 0.25) is 0 Å². The molecule has 7 heteroatoms. The number of carbonyl (C=O) groups is 1. The molecule has 17 heavy (non-hydrogen) atoms. The van der Waals surface area contributed by atoms with E-state index in [1.165, 1.54) is 0 Å². The van der Waals surface area contributed by atoms with Crippen molar-refractivity contribution in [1.29, 1.82) is 0 Å². The van der Waals surface area contributed by atoms with E-state index >= 15 is 0 Å². The zero-order valence-electron chi connectivity index (χ0n) is 10.0. The van der Waals surface area contributed by atoms with E-state index in [-0.39, 0.29) is 24.8 Å². The fourth-order valence-electron chi connectivity index (χ4n) is 0.998. The molecule has 0 radical (unpaired) electrons. The van der Waals surface area contributed by atoms with Crippen LogP contribution in [0.25, 0.3) is 0 Å². The van der Waals surface area contributed by atoms with Crippen LogP contribution in [-0.4, -0.2) is 29.5 Å². The van der Waals surface area contributed by atoms with Crippen molar-refractivity contribution in [2.24, 2.45) is 16.5 Å². The average Bonchev–Trinajstić information content (AvgIpc) is 2.15. The van der Waals surface area contributed by atoms with E-state index in [0.717, 1.165) is 12.8 Å². The molecule has 0 aromatic carbocycles. The Bertz CT molecular complexity index is 277. The summed E-state index contributed by atoms with van der Waals surface area (Å²) in [6, 6.07) is -0.898. The van der Waals surface area contributed by atoms with Crippen LogP contribution < -0.4 is 11.5 Å². The van der Waals surface area contributed by atoms with Crippen LogP contribution in [0.15, 0.2) is 16.6 Å².